The predicted octanol–water partition coefficient (Wildman–Crippen LogP) is 5.66. The van der Waals surface area contributed by atoms with Crippen molar-refractivity contribution in [2.24, 2.45) is 0 Å². The highest BCUT2D eigenvalue weighted by Crippen LogP contribution is 2.28. The standard InChI is InChI=1S/C21H19ClFN3O2/c1-13(2)28-20-6-4-3-5-19(20)25-16-9-14(11-24-12-16)21(27)26-15-7-8-18(23)17(22)10-15/h3-13,25H,1-2H3,(H,26,27). The molecule has 0 aliphatic rings. The van der Waals surface area contributed by atoms with Gasteiger partial charge in [0.15, 0.2) is 0 Å². The van der Waals surface area contributed by atoms with E-state index in [1.165, 1.54) is 24.4 Å². The van der Waals surface area contributed by atoms with Crippen molar-refractivity contribution in [3.63, 3.8) is 0 Å². The molecule has 2 N–H and O–H groups in total. The van der Waals surface area contributed by atoms with E-state index in [0.717, 1.165) is 5.69 Å². The van der Waals surface area contributed by atoms with Crippen molar-refractivity contribution in [3.05, 3.63) is 77.3 Å². The molecule has 0 aliphatic heterocycles. The first kappa shape index (κ1) is 19.6. The second kappa shape index (κ2) is 8.71. The molecule has 1 heterocycles. The largest absolute Gasteiger partial charge is 0.489 e. The van der Waals surface area contributed by atoms with Gasteiger partial charge in [-0.1, -0.05) is 23.7 Å². The van der Waals surface area contributed by atoms with Crippen LogP contribution in [0.5, 0.6) is 5.75 Å². The fourth-order valence-electron chi connectivity index (χ4n) is 2.49. The zero-order chi connectivity index (χ0) is 20.1. The van der Waals surface area contributed by atoms with E-state index in [1.807, 2.05) is 38.1 Å². The minimum atomic E-state index is -0.546. The van der Waals surface area contributed by atoms with Crippen LogP contribution in [0.4, 0.5) is 21.5 Å². The minimum Gasteiger partial charge on any atom is -0.489 e. The van der Waals surface area contributed by atoms with Crippen molar-refractivity contribution in [3.8, 4) is 5.75 Å². The lowest BCUT2D eigenvalue weighted by atomic mass is 10.2. The Morgan fingerprint density at radius 2 is 1.89 bits per heavy atom. The summed E-state index contributed by atoms with van der Waals surface area (Å²) >= 11 is 5.75. The van der Waals surface area contributed by atoms with Gasteiger partial charge in [-0.2, -0.15) is 0 Å². The monoisotopic (exact) mass is 399 g/mol. The van der Waals surface area contributed by atoms with Crippen LogP contribution in [0.2, 0.25) is 5.02 Å². The van der Waals surface area contributed by atoms with Crippen LogP contribution in [0.1, 0.15) is 24.2 Å². The van der Waals surface area contributed by atoms with Gasteiger partial charge >= 0.3 is 0 Å². The lowest BCUT2D eigenvalue weighted by Crippen LogP contribution is -2.12. The number of anilines is 3. The number of halogens is 2. The summed E-state index contributed by atoms with van der Waals surface area (Å²) < 4.78 is 19.0. The maximum atomic E-state index is 13.3. The van der Waals surface area contributed by atoms with Gasteiger partial charge in [-0.05, 0) is 50.2 Å². The fraction of sp³-hybridized carbons (Fsp3) is 0.143. The van der Waals surface area contributed by atoms with Crippen molar-refractivity contribution in [2.45, 2.75) is 20.0 Å². The number of carbonyl (C=O) groups excluding carboxylic acids is 1. The molecule has 0 aliphatic carbocycles. The lowest BCUT2D eigenvalue weighted by molar-refractivity contribution is 0.102. The van der Waals surface area contributed by atoms with E-state index < -0.39 is 5.82 Å². The van der Waals surface area contributed by atoms with E-state index in [4.69, 9.17) is 16.3 Å². The molecule has 144 valence electrons. The molecule has 0 radical (unpaired) electrons. The quantitative estimate of drug-likeness (QED) is 0.561. The van der Waals surface area contributed by atoms with Crippen molar-refractivity contribution in [1.29, 1.82) is 0 Å². The van der Waals surface area contributed by atoms with Gasteiger partial charge in [0.05, 0.1) is 34.3 Å². The van der Waals surface area contributed by atoms with Gasteiger partial charge in [-0.3, -0.25) is 9.78 Å². The van der Waals surface area contributed by atoms with Crippen LogP contribution in [0.25, 0.3) is 0 Å². The first-order valence-electron chi connectivity index (χ1n) is 8.66. The molecular weight excluding hydrogens is 381 g/mol. The Morgan fingerprint density at radius 3 is 2.64 bits per heavy atom. The average Bonchev–Trinajstić information content (AvgIpc) is 2.66. The first-order chi connectivity index (χ1) is 13.4. The zero-order valence-corrected chi connectivity index (χ0v) is 16.1. The number of ether oxygens (including phenoxy) is 1. The summed E-state index contributed by atoms with van der Waals surface area (Å²) in [6.07, 6.45) is 3.08. The van der Waals surface area contributed by atoms with Gasteiger partial charge in [0, 0.05) is 11.9 Å². The Kier molecular flexibility index (Phi) is 6.11. The Balaban J connectivity index is 1.77. The van der Waals surface area contributed by atoms with Gasteiger partial charge in [0.1, 0.15) is 11.6 Å². The number of benzene rings is 2. The molecule has 5 nitrogen and oxygen atoms in total. The number of nitrogens with zero attached hydrogens (tertiary/aromatic N) is 1. The van der Waals surface area contributed by atoms with Crippen molar-refractivity contribution in [1.82, 2.24) is 4.98 Å². The highest BCUT2D eigenvalue weighted by atomic mass is 35.5. The number of aromatic nitrogens is 1. The summed E-state index contributed by atoms with van der Waals surface area (Å²) in [6.45, 7) is 3.90. The fourth-order valence-corrected chi connectivity index (χ4v) is 2.67. The lowest BCUT2D eigenvalue weighted by Gasteiger charge is -2.15. The number of rotatable bonds is 6. The van der Waals surface area contributed by atoms with E-state index in [9.17, 15) is 9.18 Å². The zero-order valence-electron chi connectivity index (χ0n) is 15.4. The van der Waals surface area contributed by atoms with Gasteiger partial charge < -0.3 is 15.4 Å². The van der Waals surface area contributed by atoms with E-state index in [1.54, 1.807) is 12.3 Å². The molecule has 2 aromatic carbocycles. The Bertz CT molecular complexity index is 995. The number of para-hydroxylation sites is 2. The third-order valence-electron chi connectivity index (χ3n) is 3.71. The van der Waals surface area contributed by atoms with Crippen molar-refractivity contribution in [2.75, 3.05) is 10.6 Å². The molecule has 1 aromatic heterocycles. The number of carbonyl (C=O) groups is 1. The van der Waals surface area contributed by atoms with Crippen LogP contribution in [-0.2, 0) is 0 Å². The SMILES string of the molecule is CC(C)Oc1ccccc1Nc1cncc(C(=O)Nc2ccc(F)c(Cl)c2)c1. The van der Waals surface area contributed by atoms with E-state index in [0.29, 0.717) is 22.7 Å². The summed E-state index contributed by atoms with van der Waals surface area (Å²) in [7, 11) is 0. The molecule has 0 spiro atoms. The third-order valence-corrected chi connectivity index (χ3v) is 4.00. The molecule has 0 fully saturated rings. The van der Waals surface area contributed by atoms with Crippen molar-refractivity contribution >= 4 is 34.6 Å². The number of pyridine rings is 1. The normalized spacial score (nSPS) is 10.6. The minimum absolute atomic E-state index is 0.0284. The van der Waals surface area contributed by atoms with Gasteiger partial charge in [-0.25, -0.2) is 4.39 Å². The van der Waals surface area contributed by atoms with E-state index >= 15 is 0 Å². The third kappa shape index (κ3) is 4.98. The summed E-state index contributed by atoms with van der Waals surface area (Å²) in [5.41, 5.74) is 2.13. The van der Waals surface area contributed by atoms with E-state index in [2.05, 4.69) is 15.6 Å². The number of hydrogen-bond acceptors (Lipinski definition) is 4. The molecule has 7 heteroatoms. The molecule has 0 bridgehead atoms. The van der Waals surface area contributed by atoms with Crippen LogP contribution in [0.15, 0.2) is 60.9 Å². The Labute approximate surface area is 167 Å². The van der Waals surface area contributed by atoms with Gasteiger partial charge in [-0.15, -0.1) is 0 Å². The highest BCUT2D eigenvalue weighted by Gasteiger charge is 2.11. The number of amides is 1. The Morgan fingerprint density at radius 1 is 1.11 bits per heavy atom. The maximum Gasteiger partial charge on any atom is 0.257 e. The molecule has 28 heavy (non-hydrogen) atoms. The molecule has 0 atom stereocenters. The smallest absolute Gasteiger partial charge is 0.257 e. The molecule has 1 amide bonds. The topological polar surface area (TPSA) is 63.2 Å². The summed E-state index contributed by atoms with van der Waals surface area (Å²) in [4.78, 5) is 16.6. The molecular formula is C21H19ClFN3O2. The van der Waals surface area contributed by atoms with Crippen LogP contribution in [0.3, 0.4) is 0 Å². The van der Waals surface area contributed by atoms with Crippen molar-refractivity contribution < 1.29 is 13.9 Å². The highest BCUT2D eigenvalue weighted by molar-refractivity contribution is 6.31. The molecule has 0 unspecified atom stereocenters. The number of nitrogens with one attached hydrogen (secondary N) is 2. The maximum absolute atomic E-state index is 13.3. The molecule has 0 saturated heterocycles. The summed E-state index contributed by atoms with van der Waals surface area (Å²) in [5.74, 6) is -0.228. The summed E-state index contributed by atoms with van der Waals surface area (Å²) in [6, 6.07) is 13.2. The second-order valence-electron chi connectivity index (χ2n) is 6.33. The molecule has 3 rings (SSSR count). The van der Waals surface area contributed by atoms with Crippen LogP contribution in [-0.4, -0.2) is 17.0 Å². The first-order valence-corrected chi connectivity index (χ1v) is 9.04. The van der Waals surface area contributed by atoms with E-state index in [-0.39, 0.29) is 17.0 Å². The van der Waals surface area contributed by atoms with Gasteiger partial charge in [0.25, 0.3) is 5.91 Å². The average molecular weight is 400 g/mol. The van der Waals surface area contributed by atoms with Gasteiger partial charge in [0.2, 0.25) is 0 Å². The number of hydrogen-bond donors (Lipinski definition) is 2. The Hall–Kier alpha value is -3.12. The van der Waals surface area contributed by atoms with Crippen LogP contribution < -0.4 is 15.4 Å². The van der Waals surface area contributed by atoms with Crippen LogP contribution in [0, 0.1) is 5.82 Å². The molecule has 3 aromatic rings. The summed E-state index contributed by atoms with van der Waals surface area (Å²) in [5, 5.41) is 5.83. The predicted molar refractivity (Wildman–Crippen MR) is 109 cm³/mol. The van der Waals surface area contributed by atoms with Crippen LogP contribution >= 0.6 is 11.6 Å². The molecule has 0 saturated carbocycles. The second-order valence-corrected chi connectivity index (χ2v) is 6.74.